The molecule has 0 fully saturated rings. The van der Waals surface area contributed by atoms with Gasteiger partial charge in [0.1, 0.15) is 0 Å². The number of aliphatic hydroxyl groups is 1. The highest BCUT2D eigenvalue weighted by Gasteiger charge is 2.09. The number of rotatable bonds is 12. The van der Waals surface area contributed by atoms with Crippen LogP contribution in [0.4, 0.5) is 0 Å². The van der Waals surface area contributed by atoms with Crippen molar-refractivity contribution in [1.29, 1.82) is 0 Å². The molecule has 0 aromatic rings. The molecule has 0 spiro atoms. The van der Waals surface area contributed by atoms with Gasteiger partial charge in [-0.05, 0) is 25.2 Å². The summed E-state index contributed by atoms with van der Waals surface area (Å²) in [5.41, 5.74) is 0. The van der Waals surface area contributed by atoms with Crippen molar-refractivity contribution < 1.29 is 5.11 Å². The fourth-order valence-electron chi connectivity index (χ4n) is 2.45. The summed E-state index contributed by atoms with van der Waals surface area (Å²) >= 11 is 0. The molecule has 0 heterocycles. The maximum Gasteiger partial charge on any atom is 0.0537 e. The van der Waals surface area contributed by atoms with Crippen LogP contribution in [-0.4, -0.2) is 11.2 Å². The molecule has 0 aliphatic heterocycles. The lowest BCUT2D eigenvalue weighted by Gasteiger charge is -2.16. The van der Waals surface area contributed by atoms with Gasteiger partial charge in [0.15, 0.2) is 0 Å². The SMILES string of the molecule is CCCCCCCCC(C)CCC[C@H](C)[C@H](C)O. The molecule has 3 atom stereocenters. The Balaban J connectivity index is 3.29. The van der Waals surface area contributed by atoms with Crippen molar-refractivity contribution in [3.8, 4) is 0 Å². The Morgan fingerprint density at radius 2 is 1.28 bits per heavy atom. The third-order valence-electron chi connectivity index (χ3n) is 4.23. The first-order valence-electron chi connectivity index (χ1n) is 8.26. The standard InChI is InChI=1S/C17H36O/c1-5-6-7-8-9-10-12-15(2)13-11-14-16(3)17(4)18/h15-18H,5-14H2,1-4H3/t15?,16-,17-/m0/s1. The predicted molar refractivity (Wildman–Crippen MR) is 81.9 cm³/mol. The molecule has 0 aromatic heterocycles. The van der Waals surface area contributed by atoms with Crippen LogP contribution >= 0.6 is 0 Å². The van der Waals surface area contributed by atoms with Crippen molar-refractivity contribution in [3.05, 3.63) is 0 Å². The van der Waals surface area contributed by atoms with Crippen molar-refractivity contribution in [2.24, 2.45) is 11.8 Å². The Kier molecular flexibility index (Phi) is 12.0. The molecule has 0 saturated heterocycles. The zero-order valence-electron chi connectivity index (χ0n) is 13.3. The van der Waals surface area contributed by atoms with Gasteiger partial charge in [-0.15, -0.1) is 0 Å². The minimum atomic E-state index is -0.140. The maximum atomic E-state index is 9.43. The highest BCUT2D eigenvalue weighted by atomic mass is 16.3. The van der Waals surface area contributed by atoms with E-state index in [0.717, 1.165) is 5.92 Å². The maximum absolute atomic E-state index is 9.43. The van der Waals surface area contributed by atoms with Crippen molar-refractivity contribution in [3.63, 3.8) is 0 Å². The third-order valence-corrected chi connectivity index (χ3v) is 4.23. The van der Waals surface area contributed by atoms with Crippen LogP contribution in [0.2, 0.25) is 0 Å². The Bertz CT molecular complexity index is 165. The molecule has 0 saturated carbocycles. The van der Waals surface area contributed by atoms with E-state index in [-0.39, 0.29) is 6.10 Å². The molecule has 0 amide bonds. The van der Waals surface area contributed by atoms with E-state index in [0.29, 0.717) is 5.92 Å². The number of aliphatic hydroxyl groups excluding tert-OH is 1. The first-order chi connectivity index (χ1) is 8.57. The van der Waals surface area contributed by atoms with Crippen molar-refractivity contribution in [2.75, 3.05) is 0 Å². The van der Waals surface area contributed by atoms with Gasteiger partial charge in [-0.3, -0.25) is 0 Å². The monoisotopic (exact) mass is 256 g/mol. The van der Waals surface area contributed by atoms with Crippen molar-refractivity contribution >= 4 is 0 Å². The largest absolute Gasteiger partial charge is 0.393 e. The van der Waals surface area contributed by atoms with E-state index in [1.54, 1.807) is 0 Å². The average molecular weight is 256 g/mol. The second-order valence-electron chi connectivity index (χ2n) is 6.31. The molecule has 110 valence electrons. The van der Waals surface area contributed by atoms with Gasteiger partial charge < -0.3 is 5.11 Å². The Hall–Kier alpha value is -0.0400. The summed E-state index contributed by atoms with van der Waals surface area (Å²) in [4.78, 5) is 0. The highest BCUT2D eigenvalue weighted by molar-refractivity contribution is 4.61. The van der Waals surface area contributed by atoms with Crippen LogP contribution in [0.15, 0.2) is 0 Å². The average Bonchev–Trinajstić information content (AvgIpc) is 2.33. The second kappa shape index (κ2) is 12.0. The first-order valence-corrected chi connectivity index (χ1v) is 8.26. The molecule has 1 unspecified atom stereocenters. The summed E-state index contributed by atoms with van der Waals surface area (Å²) in [6.45, 7) is 8.73. The van der Waals surface area contributed by atoms with Crippen LogP contribution in [0.1, 0.15) is 91.9 Å². The van der Waals surface area contributed by atoms with Crippen LogP contribution in [-0.2, 0) is 0 Å². The lowest BCUT2D eigenvalue weighted by atomic mass is 9.93. The highest BCUT2D eigenvalue weighted by Crippen LogP contribution is 2.19. The third kappa shape index (κ3) is 11.1. The van der Waals surface area contributed by atoms with Crippen LogP contribution < -0.4 is 0 Å². The fraction of sp³-hybridized carbons (Fsp3) is 1.00. The topological polar surface area (TPSA) is 20.2 Å². The van der Waals surface area contributed by atoms with Crippen LogP contribution in [0.5, 0.6) is 0 Å². The van der Waals surface area contributed by atoms with E-state index >= 15 is 0 Å². The summed E-state index contributed by atoms with van der Waals surface area (Å²) in [6, 6.07) is 0. The minimum absolute atomic E-state index is 0.140. The molecule has 1 N–H and O–H groups in total. The molecule has 0 aliphatic carbocycles. The summed E-state index contributed by atoms with van der Waals surface area (Å²) in [6.07, 6.45) is 13.5. The Morgan fingerprint density at radius 1 is 0.722 bits per heavy atom. The number of unbranched alkanes of at least 4 members (excludes halogenated alkanes) is 5. The lowest BCUT2D eigenvalue weighted by Crippen LogP contribution is -2.13. The van der Waals surface area contributed by atoms with Crippen molar-refractivity contribution in [2.45, 2.75) is 98.0 Å². The molecule has 1 nitrogen and oxygen atoms in total. The van der Waals surface area contributed by atoms with Crippen LogP contribution in [0, 0.1) is 11.8 Å². The van der Waals surface area contributed by atoms with Gasteiger partial charge >= 0.3 is 0 Å². The van der Waals surface area contributed by atoms with E-state index < -0.39 is 0 Å². The summed E-state index contributed by atoms with van der Waals surface area (Å²) in [7, 11) is 0. The first kappa shape index (κ1) is 18.0. The molecule has 0 aliphatic rings. The molecule has 0 rings (SSSR count). The molecule has 0 bridgehead atoms. The summed E-state index contributed by atoms with van der Waals surface area (Å²) < 4.78 is 0. The Labute approximate surface area is 115 Å². The molecule has 0 aromatic carbocycles. The van der Waals surface area contributed by atoms with Gasteiger partial charge in [0.2, 0.25) is 0 Å². The molecule has 1 heteroatoms. The minimum Gasteiger partial charge on any atom is -0.393 e. The van der Waals surface area contributed by atoms with Crippen LogP contribution in [0.25, 0.3) is 0 Å². The second-order valence-corrected chi connectivity index (χ2v) is 6.31. The van der Waals surface area contributed by atoms with Gasteiger partial charge in [0, 0.05) is 0 Å². The zero-order chi connectivity index (χ0) is 13.8. The fourth-order valence-corrected chi connectivity index (χ4v) is 2.45. The van der Waals surface area contributed by atoms with E-state index in [2.05, 4.69) is 20.8 Å². The predicted octanol–water partition coefficient (Wildman–Crippen LogP) is 5.56. The van der Waals surface area contributed by atoms with E-state index in [4.69, 9.17) is 0 Å². The van der Waals surface area contributed by atoms with Crippen LogP contribution in [0.3, 0.4) is 0 Å². The molecule has 18 heavy (non-hydrogen) atoms. The van der Waals surface area contributed by atoms with Gasteiger partial charge in [-0.1, -0.05) is 78.6 Å². The molecular weight excluding hydrogens is 220 g/mol. The van der Waals surface area contributed by atoms with E-state index in [1.807, 2.05) is 6.92 Å². The lowest BCUT2D eigenvalue weighted by molar-refractivity contribution is 0.127. The summed E-state index contributed by atoms with van der Waals surface area (Å²) in [5.74, 6) is 1.34. The normalized spacial score (nSPS) is 16.5. The molecular formula is C17H36O. The van der Waals surface area contributed by atoms with E-state index in [9.17, 15) is 5.11 Å². The smallest absolute Gasteiger partial charge is 0.0537 e. The molecule has 0 radical (unpaired) electrons. The number of hydrogen-bond donors (Lipinski definition) is 1. The van der Waals surface area contributed by atoms with Gasteiger partial charge in [0.05, 0.1) is 6.10 Å². The van der Waals surface area contributed by atoms with Gasteiger partial charge in [0.25, 0.3) is 0 Å². The zero-order valence-corrected chi connectivity index (χ0v) is 13.3. The Morgan fingerprint density at radius 3 is 1.89 bits per heavy atom. The summed E-state index contributed by atoms with van der Waals surface area (Å²) in [5, 5.41) is 9.43. The van der Waals surface area contributed by atoms with Crippen molar-refractivity contribution in [1.82, 2.24) is 0 Å². The quantitative estimate of drug-likeness (QED) is 0.453. The van der Waals surface area contributed by atoms with Gasteiger partial charge in [-0.25, -0.2) is 0 Å². The van der Waals surface area contributed by atoms with E-state index in [1.165, 1.54) is 64.2 Å². The number of hydrogen-bond acceptors (Lipinski definition) is 1. The van der Waals surface area contributed by atoms with Gasteiger partial charge in [-0.2, -0.15) is 0 Å².